The fourth-order valence-corrected chi connectivity index (χ4v) is 3.63. The normalized spacial score (nSPS) is 22.0. The van der Waals surface area contributed by atoms with E-state index in [4.69, 9.17) is 0 Å². The number of piperazine rings is 1. The number of benzene rings is 1. The van der Waals surface area contributed by atoms with Crippen LogP contribution in [-0.2, 0) is 16.4 Å². The maximum Gasteiger partial charge on any atom is 0.200 e. The molecular formula is C13H16N2O2S. The third kappa shape index (κ3) is 2.21. The van der Waals surface area contributed by atoms with Crippen molar-refractivity contribution >= 4 is 15.9 Å². The minimum atomic E-state index is -3.16. The molecule has 0 unspecified atom stereocenters. The maximum absolute atomic E-state index is 11.6. The zero-order valence-corrected chi connectivity index (χ0v) is 10.9. The molecule has 0 aromatic heterocycles. The minimum Gasteiger partial charge on any atom is -0.314 e. The first-order chi connectivity index (χ1) is 8.65. The van der Waals surface area contributed by atoms with Crippen LogP contribution in [0.3, 0.4) is 0 Å². The van der Waals surface area contributed by atoms with Crippen LogP contribution in [0.25, 0.3) is 6.08 Å². The number of rotatable bonds is 2. The largest absolute Gasteiger partial charge is 0.314 e. The van der Waals surface area contributed by atoms with Gasteiger partial charge >= 0.3 is 0 Å². The highest BCUT2D eigenvalue weighted by molar-refractivity contribution is 7.94. The van der Waals surface area contributed by atoms with Crippen molar-refractivity contribution in [3.63, 3.8) is 0 Å². The first-order valence-electron chi connectivity index (χ1n) is 6.14. The quantitative estimate of drug-likeness (QED) is 0.860. The summed E-state index contributed by atoms with van der Waals surface area (Å²) in [4.78, 5) is 2.82. The Hall–Kier alpha value is -1.17. The zero-order valence-electron chi connectivity index (χ0n) is 10.1. The van der Waals surface area contributed by atoms with Crippen molar-refractivity contribution in [1.82, 2.24) is 10.2 Å². The predicted octanol–water partition coefficient (Wildman–Crippen LogP) is 0.850. The molecule has 0 saturated carbocycles. The second-order valence-electron chi connectivity index (χ2n) is 4.75. The van der Waals surface area contributed by atoms with Crippen LogP contribution in [0, 0.1) is 0 Å². The Morgan fingerprint density at radius 1 is 1.22 bits per heavy atom. The fourth-order valence-electron chi connectivity index (χ4n) is 2.45. The van der Waals surface area contributed by atoms with E-state index < -0.39 is 9.84 Å². The van der Waals surface area contributed by atoms with Gasteiger partial charge in [-0.1, -0.05) is 6.07 Å². The van der Waals surface area contributed by atoms with Crippen molar-refractivity contribution in [2.75, 3.05) is 26.2 Å². The van der Waals surface area contributed by atoms with E-state index in [1.54, 1.807) is 12.1 Å². The second kappa shape index (κ2) is 4.50. The van der Waals surface area contributed by atoms with E-state index in [1.165, 1.54) is 11.0 Å². The number of nitrogens with zero attached hydrogens (tertiary/aromatic N) is 1. The van der Waals surface area contributed by atoms with Gasteiger partial charge in [-0.05, 0) is 29.3 Å². The Balaban J connectivity index is 1.81. The molecule has 2 heterocycles. The molecule has 1 aromatic rings. The van der Waals surface area contributed by atoms with Crippen LogP contribution < -0.4 is 5.32 Å². The van der Waals surface area contributed by atoms with Crippen LogP contribution >= 0.6 is 0 Å². The minimum absolute atomic E-state index is 0.437. The van der Waals surface area contributed by atoms with E-state index in [2.05, 4.69) is 10.2 Å². The summed E-state index contributed by atoms with van der Waals surface area (Å²) >= 11 is 0. The number of nitrogens with one attached hydrogen (secondary N) is 1. The molecule has 2 aliphatic heterocycles. The molecule has 0 aliphatic carbocycles. The molecule has 96 valence electrons. The summed E-state index contributed by atoms with van der Waals surface area (Å²) in [7, 11) is -3.16. The standard InChI is InChI=1S/C13H16N2O2S/c16-18(17)8-3-12-9-11(1-2-13(12)18)10-15-6-4-14-5-7-15/h1-3,8-9,14H,4-7,10H2. The van der Waals surface area contributed by atoms with Crippen LogP contribution in [0.2, 0.25) is 0 Å². The monoisotopic (exact) mass is 264 g/mol. The maximum atomic E-state index is 11.6. The molecule has 3 rings (SSSR count). The summed E-state index contributed by atoms with van der Waals surface area (Å²) in [5.74, 6) is 0. The Bertz CT molecular complexity index is 587. The topological polar surface area (TPSA) is 49.4 Å². The molecule has 2 aliphatic rings. The van der Waals surface area contributed by atoms with E-state index in [9.17, 15) is 8.42 Å². The Labute approximate surface area is 107 Å². The molecule has 1 saturated heterocycles. The highest BCUT2D eigenvalue weighted by atomic mass is 32.2. The highest BCUT2D eigenvalue weighted by Crippen LogP contribution is 2.27. The van der Waals surface area contributed by atoms with Crippen LogP contribution in [0.4, 0.5) is 0 Å². The van der Waals surface area contributed by atoms with Gasteiger partial charge in [0.1, 0.15) is 0 Å². The van der Waals surface area contributed by atoms with Gasteiger partial charge in [-0.3, -0.25) is 4.90 Å². The van der Waals surface area contributed by atoms with Crippen molar-refractivity contribution in [2.24, 2.45) is 0 Å². The summed E-state index contributed by atoms with van der Waals surface area (Å²) < 4.78 is 23.3. The van der Waals surface area contributed by atoms with Crippen LogP contribution in [0.1, 0.15) is 11.1 Å². The van der Waals surface area contributed by atoms with Crippen molar-refractivity contribution in [1.29, 1.82) is 0 Å². The molecule has 0 amide bonds. The van der Waals surface area contributed by atoms with E-state index in [1.807, 2.05) is 12.1 Å². The molecule has 18 heavy (non-hydrogen) atoms. The first-order valence-corrected chi connectivity index (χ1v) is 7.69. The van der Waals surface area contributed by atoms with E-state index in [-0.39, 0.29) is 0 Å². The van der Waals surface area contributed by atoms with Gasteiger partial charge in [0, 0.05) is 38.1 Å². The molecule has 0 bridgehead atoms. The lowest BCUT2D eigenvalue weighted by atomic mass is 10.1. The number of sulfone groups is 1. The lowest BCUT2D eigenvalue weighted by molar-refractivity contribution is 0.233. The molecule has 0 atom stereocenters. The lowest BCUT2D eigenvalue weighted by Crippen LogP contribution is -2.42. The van der Waals surface area contributed by atoms with Gasteiger partial charge < -0.3 is 5.32 Å². The van der Waals surface area contributed by atoms with Crippen molar-refractivity contribution < 1.29 is 8.42 Å². The average Bonchev–Trinajstić information content (AvgIpc) is 2.66. The van der Waals surface area contributed by atoms with Crippen LogP contribution in [0.5, 0.6) is 0 Å². The van der Waals surface area contributed by atoms with Gasteiger partial charge in [-0.2, -0.15) is 0 Å². The lowest BCUT2D eigenvalue weighted by Gasteiger charge is -2.27. The number of hydrogen-bond acceptors (Lipinski definition) is 4. The van der Waals surface area contributed by atoms with Gasteiger partial charge in [-0.25, -0.2) is 8.42 Å². The third-order valence-corrected chi connectivity index (χ3v) is 4.90. The molecule has 5 heteroatoms. The van der Waals surface area contributed by atoms with Gasteiger partial charge in [0.2, 0.25) is 0 Å². The third-order valence-electron chi connectivity index (χ3n) is 3.42. The SMILES string of the molecule is O=S1(=O)C=Cc2cc(CN3CCNCC3)ccc21. The van der Waals surface area contributed by atoms with Crippen molar-refractivity contribution in [2.45, 2.75) is 11.4 Å². The molecular weight excluding hydrogens is 248 g/mol. The zero-order chi connectivity index (χ0) is 12.6. The van der Waals surface area contributed by atoms with E-state index >= 15 is 0 Å². The molecule has 1 aromatic carbocycles. The highest BCUT2D eigenvalue weighted by Gasteiger charge is 2.20. The summed E-state index contributed by atoms with van der Waals surface area (Å²) in [6.07, 6.45) is 1.69. The van der Waals surface area contributed by atoms with Gasteiger partial charge in [-0.15, -0.1) is 0 Å². The number of hydrogen-bond donors (Lipinski definition) is 1. The Morgan fingerprint density at radius 3 is 2.78 bits per heavy atom. The van der Waals surface area contributed by atoms with Gasteiger partial charge in [0.05, 0.1) is 4.90 Å². The molecule has 1 fully saturated rings. The molecule has 0 radical (unpaired) electrons. The predicted molar refractivity (Wildman–Crippen MR) is 70.8 cm³/mol. The van der Waals surface area contributed by atoms with Crippen molar-refractivity contribution in [3.05, 3.63) is 34.7 Å². The summed E-state index contributed by atoms with van der Waals surface area (Å²) in [5, 5.41) is 4.60. The smallest absolute Gasteiger partial charge is 0.200 e. The fraction of sp³-hybridized carbons (Fsp3) is 0.385. The van der Waals surface area contributed by atoms with Gasteiger partial charge in [0.25, 0.3) is 0 Å². The van der Waals surface area contributed by atoms with E-state index in [0.717, 1.165) is 38.3 Å². The summed E-state index contributed by atoms with van der Waals surface area (Å²) in [6.45, 7) is 5.04. The summed E-state index contributed by atoms with van der Waals surface area (Å²) in [5.41, 5.74) is 2.00. The Morgan fingerprint density at radius 2 is 2.00 bits per heavy atom. The number of fused-ring (bicyclic) bond motifs is 1. The van der Waals surface area contributed by atoms with E-state index in [0.29, 0.717) is 4.90 Å². The van der Waals surface area contributed by atoms with Gasteiger partial charge in [0.15, 0.2) is 9.84 Å². The molecule has 0 spiro atoms. The van der Waals surface area contributed by atoms with Crippen LogP contribution in [0.15, 0.2) is 28.5 Å². The molecule has 4 nitrogen and oxygen atoms in total. The van der Waals surface area contributed by atoms with Crippen molar-refractivity contribution in [3.8, 4) is 0 Å². The van der Waals surface area contributed by atoms with Crippen LogP contribution in [-0.4, -0.2) is 39.5 Å². The first kappa shape index (κ1) is 11.9. The Kier molecular flexibility index (Phi) is 2.97. The average molecular weight is 264 g/mol. The molecule has 1 N–H and O–H groups in total. The summed E-state index contributed by atoms with van der Waals surface area (Å²) in [6, 6.07) is 5.63. The second-order valence-corrected chi connectivity index (χ2v) is 6.55.